The van der Waals surface area contributed by atoms with Crippen LogP contribution in [0.25, 0.3) is 0 Å². The Hall–Kier alpha value is -1.77. The van der Waals surface area contributed by atoms with Crippen LogP contribution in [0.5, 0.6) is 5.75 Å². The summed E-state index contributed by atoms with van der Waals surface area (Å²) in [6.45, 7) is 11.1. The zero-order chi connectivity index (χ0) is 18.8. The van der Waals surface area contributed by atoms with E-state index in [4.69, 9.17) is 9.26 Å². The number of benzene rings is 1. The highest BCUT2D eigenvalue weighted by atomic mass is 127. The first kappa shape index (κ1) is 23.3. The van der Waals surface area contributed by atoms with Crippen LogP contribution in [0.1, 0.15) is 44.0 Å². The Morgan fingerprint density at radius 3 is 2.74 bits per heavy atom. The molecule has 0 spiro atoms. The van der Waals surface area contributed by atoms with Crippen LogP contribution in [0.15, 0.2) is 40.0 Å². The Morgan fingerprint density at radius 1 is 1.26 bits per heavy atom. The second-order valence-corrected chi connectivity index (χ2v) is 6.68. The van der Waals surface area contributed by atoms with Crippen molar-refractivity contribution in [1.82, 2.24) is 15.8 Å². The van der Waals surface area contributed by atoms with Crippen LogP contribution in [0.2, 0.25) is 0 Å². The highest BCUT2D eigenvalue weighted by Crippen LogP contribution is 2.22. The van der Waals surface area contributed by atoms with Crippen LogP contribution < -0.4 is 15.4 Å². The van der Waals surface area contributed by atoms with Gasteiger partial charge >= 0.3 is 0 Å². The molecule has 150 valence electrons. The highest BCUT2D eigenvalue weighted by molar-refractivity contribution is 14.0. The third kappa shape index (κ3) is 8.64. The minimum atomic E-state index is 0. The van der Waals surface area contributed by atoms with Crippen LogP contribution in [-0.4, -0.2) is 24.3 Å². The number of nitrogens with one attached hydrogen (secondary N) is 2. The number of halogens is 1. The minimum Gasteiger partial charge on any atom is -0.493 e. The second-order valence-electron chi connectivity index (χ2n) is 6.68. The average Bonchev–Trinajstić information content (AvgIpc) is 3.12. The van der Waals surface area contributed by atoms with Crippen molar-refractivity contribution in [3.8, 4) is 5.75 Å². The SMILES string of the molecule is CCNC(=NCc1ccc(C)cc1OCCC(C)C)NCc1ccon1.I. The van der Waals surface area contributed by atoms with Crippen LogP contribution in [0, 0.1) is 12.8 Å². The molecule has 0 bridgehead atoms. The van der Waals surface area contributed by atoms with E-state index in [-0.39, 0.29) is 24.0 Å². The van der Waals surface area contributed by atoms with Crippen LogP contribution in [0.4, 0.5) is 0 Å². The van der Waals surface area contributed by atoms with Crippen molar-refractivity contribution in [2.75, 3.05) is 13.2 Å². The van der Waals surface area contributed by atoms with Crippen molar-refractivity contribution >= 4 is 29.9 Å². The van der Waals surface area contributed by atoms with E-state index in [1.165, 1.54) is 5.56 Å². The lowest BCUT2D eigenvalue weighted by atomic mass is 10.1. The molecule has 0 fully saturated rings. The average molecular weight is 486 g/mol. The topological polar surface area (TPSA) is 71.7 Å². The number of aliphatic imine (C=N–C) groups is 1. The van der Waals surface area contributed by atoms with E-state index in [1.807, 2.05) is 13.0 Å². The molecule has 7 heteroatoms. The lowest BCUT2D eigenvalue weighted by Crippen LogP contribution is -2.36. The van der Waals surface area contributed by atoms with Crippen LogP contribution in [0.3, 0.4) is 0 Å². The quantitative estimate of drug-likeness (QED) is 0.315. The van der Waals surface area contributed by atoms with Gasteiger partial charge in [0.15, 0.2) is 5.96 Å². The minimum absolute atomic E-state index is 0. The number of guanidine groups is 1. The molecule has 1 aromatic heterocycles. The van der Waals surface area contributed by atoms with Gasteiger partial charge in [0.25, 0.3) is 0 Å². The maximum Gasteiger partial charge on any atom is 0.191 e. The molecule has 27 heavy (non-hydrogen) atoms. The van der Waals surface area contributed by atoms with Gasteiger partial charge in [-0.15, -0.1) is 24.0 Å². The molecule has 2 N–H and O–H groups in total. The van der Waals surface area contributed by atoms with E-state index >= 15 is 0 Å². The van der Waals surface area contributed by atoms with Crippen molar-refractivity contribution in [3.63, 3.8) is 0 Å². The lowest BCUT2D eigenvalue weighted by Gasteiger charge is -2.14. The molecule has 2 aromatic rings. The van der Waals surface area contributed by atoms with Crippen molar-refractivity contribution in [2.45, 2.75) is 47.2 Å². The van der Waals surface area contributed by atoms with Gasteiger partial charge in [0, 0.05) is 18.2 Å². The van der Waals surface area contributed by atoms with Gasteiger partial charge in [0.2, 0.25) is 0 Å². The number of nitrogens with zero attached hydrogens (tertiary/aromatic N) is 2. The summed E-state index contributed by atoms with van der Waals surface area (Å²) in [6, 6.07) is 8.10. The van der Waals surface area contributed by atoms with Gasteiger partial charge in [-0.1, -0.05) is 31.1 Å². The number of rotatable bonds is 9. The summed E-state index contributed by atoms with van der Waals surface area (Å²) in [4.78, 5) is 4.67. The van der Waals surface area contributed by atoms with Crippen molar-refractivity contribution in [1.29, 1.82) is 0 Å². The number of aryl methyl sites for hydroxylation is 1. The van der Waals surface area contributed by atoms with Crippen LogP contribution in [-0.2, 0) is 13.1 Å². The lowest BCUT2D eigenvalue weighted by molar-refractivity contribution is 0.287. The maximum atomic E-state index is 6.01. The fraction of sp³-hybridized carbons (Fsp3) is 0.500. The normalized spacial score (nSPS) is 11.2. The van der Waals surface area contributed by atoms with E-state index in [1.54, 1.807) is 6.26 Å². The standard InChI is InChI=1S/C20H30N4O2.HI/c1-5-21-20(23-14-18-9-11-26-24-18)22-13-17-7-6-16(4)12-19(17)25-10-8-15(2)3;/h6-7,9,11-12,15H,5,8,10,13-14H2,1-4H3,(H2,21,22,23);1H. The molecular formula is C20H31IN4O2. The van der Waals surface area contributed by atoms with Gasteiger partial charge in [-0.3, -0.25) is 0 Å². The molecule has 0 saturated heterocycles. The fourth-order valence-electron chi connectivity index (χ4n) is 2.34. The Morgan fingerprint density at radius 2 is 2.07 bits per heavy atom. The van der Waals surface area contributed by atoms with Crippen molar-refractivity contribution in [2.24, 2.45) is 10.9 Å². The molecule has 0 aliphatic rings. The maximum absolute atomic E-state index is 6.01. The number of hydrogen-bond acceptors (Lipinski definition) is 4. The molecule has 0 saturated carbocycles. The molecule has 0 atom stereocenters. The number of hydrogen-bond donors (Lipinski definition) is 2. The summed E-state index contributed by atoms with van der Waals surface area (Å²) in [7, 11) is 0. The smallest absolute Gasteiger partial charge is 0.191 e. The molecule has 0 aliphatic heterocycles. The molecule has 1 heterocycles. The first-order valence-electron chi connectivity index (χ1n) is 9.22. The summed E-state index contributed by atoms with van der Waals surface area (Å²) >= 11 is 0. The number of aromatic nitrogens is 1. The summed E-state index contributed by atoms with van der Waals surface area (Å²) < 4.78 is 10.9. The van der Waals surface area contributed by atoms with Gasteiger partial charge < -0.3 is 19.9 Å². The monoisotopic (exact) mass is 486 g/mol. The fourth-order valence-corrected chi connectivity index (χ4v) is 2.34. The molecule has 1 aromatic carbocycles. The molecule has 2 rings (SSSR count). The van der Waals surface area contributed by atoms with Crippen LogP contribution >= 0.6 is 24.0 Å². The van der Waals surface area contributed by atoms with E-state index in [2.05, 4.69) is 59.8 Å². The Balaban J connectivity index is 0.00000364. The van der Waals surface area contributed by atoms with Gasteiger partial charge in [0.05, 0.1) is 19.7 Å². The second kappa shape index (κ2) is 12.6. The largest absolute Gasteiger partial charge is 0.493 e. The van der Waals surface area contributed by atoms with Gasteiger partial charge in [0.1, 0.15) is 17.7 Å². The predicted molar refractivity (Wildman–Crippen MR) is 120 cm³/mol. The van der Waals surface area contributed by atoms with Gasteiger partial charge in [-0.05, 0) is 37.8 Å². The van der Waals surface area contributed by atoms with Crippen molar-refractivity contribution in [3.05, 3.63) is 47.3 Å². The zero-order valence-corrected chi connectivity index (χ0v) is 18.9. The Bertz CT molecular complexity index is 687. The first-order chi connectivity index (χ1) is 12.6. The molecule has 0 radical (unpaired) electrons. The third-order valence-electron chi connectivity index (χ3n) is 3.86. The Kier molecular flexibility index (Phi) is 10.8. The van der Waals surface area contributed by atoms with Gasteiger partial charge in [-0.25, -0.2) is 4.99 Å². The summed E-state index contributed by atoms with van der Waals surface area (Å²) in [5.74, 6) is 2.29. The third-order valence-corrected chi connectivity index (χ3v) is 3.86. The number of ether oxygens (including phenoxy) is 1. The predicted octanol–water partition coefficient (Wildman–Crippen LogP) is 4.28. The van der Waals surface area contributed by atoms with E-state index in [0.717, 1.165) is 42.5 Å². The highest BCUT2D eigenvalue weighted by Gasteiger charge is 2.06. The molecule has 0 aliphatic carbocycles. The zero-order valence-electron chi connectivity index (χ0n) is 16.6. The summed E-state index contributed by atoms with van der Waals surface area (Å²) in [5, 5.41) is 10.4. The summed E-state index contributed by atoms with van der Waals surface area (Å²) in [6.07, 6.45) is 2.60. The summed E-state index contributed by atoms with van der Waals surface area (Å²) in [5.41, 5.74) is 3.11. The van der Waals surface area contributed by atoms with E-state index in [0.29, 0.717) is 19.0 Å². The van der Waals surface area contributed by atoms with Crippen molar-refractivity contribution < 1.29 is 9.26 Å². The molecule has 0 amide bonds. The van der Waals surface area contributed by atoms with E-state index < -0.39 is 0 Å². The molecule has 0 unspecified atom stereocenters. The Labute approximate surface area is 179 Å². The first-order valence-corrected chi connectivity index (χ1v) is 9.22. The van der Waals surface area contributed by atoms with Gasteiger partial charge in [-0.2, -0.15) is 0 Å². The van der Waals surface area contributed by atoms with E-state index in [9.17, 15) is 0 Å². The molecule has 6 nitrogen and oxygen atoms in total. The molecular weight excluding hydrogens is 455 g/mol.